The van der Waals surface area contributed by atoms with Crippen molar-refractivity contribution in [3.05, 3.63) is 41.3 Å². The molecule has 1 N–H and O–H groups in total. The Labute approximate surface area is 94.1 Å². The van der Waals surface area contributed by atoms with Crippen molar-refractivity contribution < 1.29 is 0 Å². The van der Waals surface area contributed by atoms with Crippen LogP contribution in [0, 0.1) is 0 Å². The Kier molecular flexibility index (Phi) is 1.85. The summed E-state index contributed by atoms with van der Waals surface area (Å²) in [6.07, 6.45) is 3.62. The summed E-state index contributed by atoms with van der Waals surface area (Å²) in [5, 5.41) is 4.45. The Bertz CT molecular complexity index is 597. The minimum Gasteiger partial charge on any atom is -0.360 e. The molecule has 0 radical (unpaired) electrons. The van der Waals surface area contributed by atoms with Gasteiger partial charge in [-0.25, -0.2) is 9.50 Å². The number of fused-ring (bicyclic) bond motifs is 1. The number of hydrogen-bond donors (Lipinski definition) is 1. The Balaban J connectivity index is 2.25. The van der Waals surface area contributed by atoms with Crippen molar-refractivity contribution in [1.82, 2.24) is 19.6 Å². The molecule has 0 aromatic carbocycles. The van der Waals surface area contributed by atoms with E-state index in [-0.39, 0.29) is 0 Å². The third-order valence-electron chi connectivity index (χ3n) is 2.19. The second-order valence-electron chi connectivity index (χ2n) is 3.15. The molecule has 4 nitrogen and oxygen atoms in total. The van der Waals surface area contributed by atoms with Gasteiger partial charge in [-0.3, -0.25) is 0 Å². The van der Waals surface area contributed by atoms with Gasteiger partial charge in [0, 0.05) is 6.20 Å². The van der Waals surface area contributed by atoms with Gasteiger partial charge in [0.25, 0.3) is 0 Å². The van der Waals surface area contributed by atoms with Gasteiger partial charge < -0.3 is 4.98 Å². The van der Waals surface area contributed by atoms with Gasteiger partial charge in [0.05, 0.1) is 11.9 Å². The fourth-order valence-corrected chi connectivity index (χ4v) is 1.84. The Morgan fingerprint density at radius 1 is 1.27 bits per heavy atom. The molecule has 0 saturated heterocycles. The van der Waals surface area contributed by atoms with Crippen molar-refractivity contribution >= 4 is 21.6 Å². The zero-order valence-corrected chi connectivity index (χ0v) is 9.27. The predicted octanol–water partition coefficient (Wildman–Crippen LogP) is 2.49. The first-order chi connectivity index (χ1) is 7.34. The molecule has 3 aromatic heterocycles. The summed E-state index contributed by atoms with van der Waals surface area (Å²) < 4.78 is 2.61. The first kappa shape index (κ1) is 8.67. The molecular formula is C10H7BrN4. The van der Waals surface area contributed by atoms with Crippen LogP contribution in [0.25, 0.3) is 17.0 Å². The predicted molar refractivity (Wildman–Crippen MR) is 60.5 cm³/mol. The molecule has 3 rings (SSSR count). The lowest BCUT2D eigenvalue weighted by atomic mass is 10.3. The molecule has 3 aromatic rings. The molecule has 0 fully saturated rings. The summed E-state index contributed by atoms with van der Waals surface area (Å²) in [6, 6.07) is 7.82. The molecule has 0 aliphatic heterocycles. The van der Waals surface area contributed by atoms with Crippen LogP contribution < -0.4 is 0 Å². The van der Waals surface area contributed by atoms with Gasteiger partial charge >= 0.3 is 0 Å². The first-order valence-corrected chi connectivity index (χ1v) is 5.28. The van der Waals surface area contributed by atoms with Crippen molar-refractivity contribution in [1.29, 1.82) is 0 Å². The molecular weight excluding hydrogens is 256 g/mol. The third kappa shape index (κ3) is 1.35. The molecule has 74 valence electrons. The van der Waals surface area contributed by atoms with E-state index in [2.05, 4.69) is 31.0 Å². The smallest absolute Gasteiger partial charge is 0.154 e. The van der Waals surface area contributed by atoms with Gasteiger partial charge in [-0.05, 0) is 40.2 Å². The molecule has 0 unspecified atom stereocenters. The molecule has 0 bridgehead atoms. The highest BCUT2D eigenvalue weighted by Crippen LogP contribution is 2.17. The first-order valence-electron chi connectivity index (χ1n) is 4.48. The number of H-pyrrole nitrogens is 1. The van der Waals surface area contributed by atoms with E-state index < -0.39 is 0 Å². The van der Waals surface area contributed by atoms with Gasteiger partial charge in [-0.2, -0.15) is 5.10 Å². The van der Waals surface area contributed by atoms with Crippen LogP contribution >= 0.6 is 15.9 Å². The number of nitrogens with zero attached hydrogens (tertiary/aromatic N) is 3. The zero-order valence-electron chi connectivity index (χ0n) is 7.68. The minimum atomic E-state index is 0.831. The Morgan fingerprint density at radius 3 is 3.00 bits per heavy atom. The molecule has 0 aliphatic carbocycles. The van der Waals surface area contributed by atoms with Crippen LogP contribution in [0.15, 0.2) is 41.3 Å². The monoisotopic (exact) mass is 262 g/mol. The maximum absolute atomic E-state index is 4.45. The second-order valence-corrected chi connectivity index (χ2v) is 3.97. The molecule has 0 saturated carbocycles. The van der Waals surface area contributed by atoms with E-state index in [9.17, 15) is 0 Å². The number of aromatic nitrogens is 4. The van der Waals surface area contributed by atoms with E-state index >= 15 is 0 Å². The van der Waals surface area contributed by atoms with Crippen molar-refractivity contribution in [2.24, 2.45) is 0 Å². The molecule has 5 heteroatoms. The third-order valence-corrected chi connectivity index (χ3v) is 2.74. The fraction of sp³-hybridized carbons (Fsp3) is 0. The van der Waals surface area contributed by atoms with E-state index in [1.807, 2.05) is 30.5 Å². The average Bonchev–Trinajstić information content (AvgIpc) is 2.88. The maximum Gasteiger partial charge on any atom is 0.154 e. The molecule has 15 heavy (non-hydrogen) atoms. The van der Waals surface area contributed by atoms with Crippen LogP contribution in [0.3, 0.4) is 0 Å². The lowest BCUT2D eigenvalue weighted by molar-refractivity contribution is 0.919. The highest BCUT2D eigenvalue weighted by atomic mass is 79.9. The average molecular weight is 263 g/mol. The quantitative estimate of drug-likeness (QED) is 0.733. The maximum atomic E-state index is 4.45. The molecule has 0 atom stereocenters. The van der Waals surface area contributed by atoms with Crippen molar-refractivity contribution in [3.63, 3.8) is 0 Å². The summed E-state index contributed by atoms with van der Waals surface area (Å²) in [4.78, 5) is 7.30. The van der Waals surface area contributed by atoms with E-state index in [0.29, 0.717) is 0 Å². The number of halogens is 1. The van der Waals surface area contributed by atoms with Crippen molar-refractivity contribution in [3.8, 4) is 11.4 Å². The Morgan fingerprint density at radius 2 is 2.20 bits per heavy atom. The molecule has 0 aliphatic rings. The molecule has 0 spiro atoms. The van der Waals surface area contributed by atoms with Crippen LogP contribution in [-0.4, -0.2) is 19.6 Å². The summed E-state index contributed by atoms with van der Waals surface area (Å²) >= 11 is 3.39. The summed E-state index contributed by atoms with van der Waals surface area (Å²) in [5.41, 5.74) is 2.72. The van der Waals surface area contributed by atoms with Crippen molar-refractivity contribution in [2.75, 3.05) is 0 Å². The van der Waals surface area contributed by atoms with Gasteiger partial charge in [0.2, 0.25) is 0 Å². The lowest BCUT2D eigenvalue weighted by Crippen LogP contribution is -1.94. The second kappa shape index (κ2) is 3.20. The fourth-order valence-electron chi connectivity index (χ4n) is 1.48. The van der Waals surface area contributed by atoms with Crippen LogP contribution in [0.4, 0.5) is 0 Å². The topological polar surface area (TPSA) is 46.0 Å². The van der Waals surface area contributed by atoms with E-state index in [1.54, 1.807) is 10.7 Å². The van der Waals surface area contributed by atoms with Gasteiger partial charge in [0.15, 0.2) is 5.65 Å². The SMILES string of the molecule is Brc1cnc2ccc(-c3ccc[nH]3)nn12. The van der Waals surface area contributed by atoms with Gasteiger partial charge in [0.1, 0.15) is 10.3 Å². The standard InChI is InChI=1S/C10H7BrN4/c11-9-6-13-10-4-3-8(14-15(9)10)7-2-1-5-12-7/h1-6,12H. The minimum absolute atomic E-state index is 0.831. The highest BCUT2D eigenvalue weighted by molar-refractivity contribution is 9.10. The molecule has 0 amide bonds. The summed E-state index contributed by atoms with van der Waals surface area (Å²) in [5.74, 6) is 0. The highest BCUT2D eigenvalue weighted by Gasteiger charge is 2.04. The molecule has 3 heterocycles. The van der Waals surface area contributed by atoms with Crippen LogP contribution in [0.5, 0.6) is 0 Å². The van der Waals surface area contributed by atoms with E-state index in [0.717, 1.165) is 21.6 Å². The number of hydrogen-bond acceptors (Lipinski definition) is 2. The van der Waals surface area contributed by atoms with E-state index in [1.165, 1.54) is 0 Å². The summed E-state index contributed by atoms with van der Waals surface area (Å²) in [6.45, 7) is 0. The lowest BCUT2D eigenvalue weighted by Gasteiger charge is -1.99. The zero-order chi connectivity index (χ0) is 10.3. The number of nitrogens with one attached hydrogen (secondary N) is 1. The van der Waals surface area contributed by atoms with Gasteiger partial charge in [-0.1, -0.05) is 0 Å². The summed E-state index contributed by atoms with van der Waals surface area (Å²) in [7, 11) is 0. The van der Waals surface area contributed by atoms with Crippen LogP contribution in [0.2, 0.25) is 0 Å². The van der Waals surface area contributed by atoms with E-state index in [4.69, 9.17) is 0 Å². The Hall–Kier alpha value is -1.62. The van der Waals surface area contributed by atoms with Crippen LogP contribution in [-0.2, 0) is 0 Å². The normalized spacial score (nSPS) is 11.0. The number of aromatic amines is 1. The van der Waals surface area contributed by atoms with Crippen LogP contribution in [0.1, 0.15) is 0 Å². The largest absolute Gasteiger partial charge is 0.360 e. The van der Waals surface area contributed by atoms with Crippen molar-refractivity contribution in [2.45, 2.75) is 0 Å². The van der Waals surface area contributed by atoms with Gasteiger partial charge in [-0.15, -0.1) is 0 Å². The number of imidazole rings is 1. The number of rotatable bonds is 1.